The molecule has 3 N–H and O–H groups in total. The Kier molecular flexibility index (Phi) is 5.53. The van der Waals surface area contributed by atoms with Crippen molar-refractivity contribution < 1.29 is 18.3 Å². The van der Waals surface area contributed by atoms with E-state index >= 15 is 0 Å². The molecule has 124 valence electrons. The van der Waals surface area contributed by atoms with Gasteiger partial charge in [-0.25, -0.2) is 13.1 Å². The molecular weight excluding hydrogens is 336 g/mol. The number of carbonyl (C=O) groups excluding carboxylic acids is 1. The molecular formula is C15H18N2O4S2. The van der Waals surface area contributed by atoms with Gasteiger partial charge in [0.05, 0.1) is 4.90 Å². The van der Waals surface area contributed by atoms with E-state index in [2.05, 4.69) is 10.0 Å². The summed E-state index contributed by atoms with van der Waals surface area (Å²) in [5, 5.41) is 14.4. The van der Waals surface area contributed by atoms with Gasteiger partial charge >= 0.3 is 0 Å². The van der Waals surface area contributed by atoms with Gasteiger partial charge in [-0.15, -0.1) is 11.3 Å². The summed E-state index contributed by atoms with van der Waals surface area (Å²) in [5.74, 6) is -0.225. The third-order valence-electron chi connectivity index (χ3n) is 3.12. The second-order valence-electron chi connectivity index (χ2n) is 5.04. The molecule has 0 aliphatic heterocycles. The van der Waals surface area contributed by atoms with E-state index in [1.54, 1.807) is 25.1 Å². The molecule has 0 bridgehead atoms. The molecule has 1 aromatic heterocycles. The number of amides is 1. The van der Waals surface area contributed by atoms with Crippen LogP contribution in [0.4, 0.5) is 5.69 Å². The van der Waals surface area contributed by atoms with Crippen molar-refractivity contribution in [2.45, 2.75) is 24.8 Å². The van der Waals surface area contributed by atoms with E-state index in [9.17, 15) is 18.3 Å². The molecule has 1 heterocycles. The number of sulfonamides is 1. The second-order valence-corrected chi connectivity index (χ2v) is 7.76. The van der Waals surface area contributed by atoms with Crippen LogP contribution in [0.3, 0.4) is 0 Å². The Hall–Kier alpha value is -1.74. The van der Waals surface area contributed by atoms with Crippen LogP contribution in [0.5, 0.6) is 0 Å². The van der Waals surface area contributed by atoms with E-state index in [0.29, 0.717) is 16.1 Å². The number of thiophene rings is 1. The topological polar surface area (TPSA) is 95.5 Å². The Bertz CT molecular complexity index is 786. The average molecular weight is 354 g/mol. The standard InChI is InChI=1S/C15H18N2O4S2/c1-10-8-12(17-11(2)18)5-6-15(10)23(20,21)16-9-13(19)14-4-3-7-22-14/h3-8,13,16,19H,9H2,1-2H3,(H,17,18). The molecule has 1 aromatic carbocycles. The molecule has 0 aliphatic carbocycles. The van der Waals surface area contributed by atoms with Crippen LogP contribution < -0.4 is 10.0 Å². The summed E-state index contributed by atoms with van der Waals surface area (Å²) < 4.78 is 27.1. The number of benzene rings is 1. The van der Waals surface area contributed by atoms with Crippen LogP contribution in [0.1, 0.15) is 23.5 Å². The fourth-order valence-electron chi connectivity index (χ4n) is 2.08. The van der Waals surface area contributed by atoms with Crippen LogP contribution >= 0.6 is 11.3 Å². The van der Waals surface area contributed by atoms with Crippen LogP contribution in [0.2, 0.25) is 0 Å². The SMILES string of the molecule is CC(=O)Nc1ccc(S(=O)(=O)NCC(O)c2cccs2)c(C)c1. The molecule has 6 nitrogen and oxygen atoms in total. The highest BCUT2D eigenvalue weighted by Crippen LogP contribution is 2.21. The summed E-state index contributed by atoms with van der Waals surface area (Å²) >= 11 is 1.36. The zero-order chi connectivity index (χ0) is 17.0. The number of anilines is 1. The van der Waals surface area contributed by atoms with Crippen LogP contribution in [0.25, 0.3) is 0 Å². The van der Waals surface area contributed by atoms with Crippen molar-refractivity contribution in [3.05, 3.63) is 46.2 Å². The first kappa shape index (κ1) is 17.6. The molecule has 2 aromatic rings. The Morgan fingerprint density at radius 3 is 2.65 bits per heavy atom. The molecule has 0 saturated carbocycles. The number of aryl methyl sites for hydroxylation is 1. The summed E-state index contributed by atoms with van der Waals surface area (Å²) in [7, 11) is -3.74. The number of aliphatic hydroxyl groups excluding tert-OH is 1. The number of hydrogen-bond acceptors (Lipinski definition) is 5. The third-order valence-corrected chi connectivity index (χ3v) is 5.68. The number of rotatable bonds is 6. The zero-order valence-corrected chi connectivity index (χ0v) is 14.4. The summed E-state index contributed by atoms with van der Waals surface area (Å²) in [6.45, 7) is 2.93. The molecule has 8 heteroatoms. The van der Waals surface area contributed by atoms with E-state index in [1.807, 2.05) is 5.38 Å². The maximum Gasteiger partial charge on any atom is 0.240 e. The van der Waals surface area contributed by atoms with E-state index in [-0.39, 0.29) is 17.3 Å². The summed E-state index contributed by atoms with van der Waals surface area (Å²) in [4.78, 5) is 11.8. The molecule has 0 fully saturated rings. The monoisotopic (exact) mass is 354 g/mol. The maximum absolute atomic E-state index is 12.4. The average Bonchev–Trinajstić information content (AvgIpc) is 2.98. The van der Waals surface area contributed by atoms with E-state index in [1.165, 1.54) is 30.4 Å². The smallest absolute Gasteiger partial charge is 0.240 e. The normalized spacial score (nSPS) is 12.8. The predicted molar refractivity (Wildman–Crippen MR) is 90.0 cm³/mol. The summed E-state index contributed by atoms with van der Waals surface area (Å²) in [6, 6.07) is 8.09. The largest absolute Gasteiger partial charge is 0.386 e. The van der Waals surface area contributed by atoms with Crippen LogP contribution in [0, 0.1) is 6.92 Å². The van der Waals surface area contributed by atoms with Gasteiger partial charge in [-0.3, -0.25) is 4.79 Å². The first-order valence-electron chi connectivity index (χ1n) is 6.89. The second kappa shape index (κ2) is 7.22. The lowest BCUT2D eigenvalue weighted by Crippen LogP contribution is -2.28. The van der Waals surface area contributed by atoms with Crippen LogP contribution in [0.15, 0.2) is 40.6 Å². The van der Waals surface area contributed by atoms with E-state index < -0.39 is 16.1 Å². The lowest BCUT2D eigenvalue weighted by molar-refractivity contribution is -0.114. The molecule has 0 spiro atoms. The Balaban J connectivity index is 2.11. The fraction of sp³-hybridized carbons (Fsp3) is 0.267. The Morgan fingerprint density at radius 1 is 1.35 bits per heavy atom. The minimum atomic E-state index is -3.74. The third kappa shape index (κ3) is 4.61. The van der Waals surface area contributed by atoms with Gasteiger partial charge in [0.2, 0.25) is 15.9 Å². The predicted octanol–water partition coefficient (Wildman–Crippen LogP) is 2.03. The van der Waals surface area contributed by atoms with Gasteiger partial charge in [-0.05, 0) is 42.1 Å². The van der Waals surface area contributed by atoms with Crippen molar-refractivity contribution >= 4 is 33.0 Å². The maximum atomic E-state index is 12.4. The molecule has 1 amide bonds. The molecule has 0 radical (unpaired) electrons. The van der Waals surface area contributed by atoms with Crippen molar-refractivity contribution in [2.24, 2.45) is 0 Å². The zero-order valence-electron chi connectivity index (χ0n) is 12.7. The van der Waals surface area contributed by atoms with Gasteiger partial charge < -0.3 is 10.4 Å². The van der Waals surface area contributed by atoms with E-state index in [0.717, 1.165) is 0 Å². The van der Waals surface area contributed by atoms with Crippen molar-refractivity contribution in [3.8, 4) is 0 Å². The van der Waals surface area contributed by atoms with Crippen molar-refractivity contribution in [2.75, 3.05) is 11.9 Å². The fourth-order valence-corrected chi connectivity index (χ4v) is 4.05. The molecule has 0 aliphatic rings. The van der Waals surface area contributed by atoms with Gasteiger partial charge in [0.1, 0.15) is 6.10 Å². The van der Waals surface area contributed by atoms with Gasteiger partial charge in [0, 0.05) is 24.0 Å². The molecule has 2 rings (SSSR count). The van der Waals surface area contributed by atoms with Crippen molar-refractivity contribution in [1.29, 1.82) is 0 Å². The highest BCUT2D eigenvalue weighted by atomic mass is 32.2. The number of aliphatic hydroxyl groups is 1. The van der Waals surface area contributed by atoms with E-state index in [4.69, 9.17) is 0 Å². The Labute approximate surface area is 139 Å². The van der Waals surface area contributed by atoms with Crippen molar-refractivity contribution in [3.63, 3.8) is 0 Å². The lowest BCUT2D eigenvalue weighted by atomic mass is 10.2. The van der Waals surface area contributed by atoms with Crippen LogP contribution in [-0.4, -0.2) is 26.0 Å². The first-order chi connectivity index (χ1) is 10.8. The highest BCUT2D eigenvalue weighted by Gasteiger charge is 2.19. The van der Waals surface area contributed by atoms with Gasteiger partial charge in [0.25, 0.3) is 0 Å². The van der Waals surface area contributed by atoms with Gasteiger partial charge in [0.15, 0.2) is 0 Å². The Morgan fingerprint density at radius 2 is 2.09 bits per heavy atom. The van der Waals surface area contributed by atoms with Gasteiger partial charge in [-0.2, -0.15) is 0 Å². The van der Waals surface area contributed by atoms with Crippen LogP contribution in [-0.2, 0) is 14.8 Å². The van der Waals surface area contributed by atoms with Gasteiger partial charge in [-0.1, -0.05) is 6.07 Å². The number of carbonyl (C=O) groups is 1. The first-order valence-corrected chi connectivity index (χ1v) is 9.25. The minimum Gasteiger partial charge on any atom is -0.386 e. The summed E-state index contributed by atoms with van der Waals surface area (Å²) in [5.41, 5.74) is 1.04. The number of hydrogen-bond donors (Lipinski definition) is 3. The quantitative estimate of drug-likeness (QED) is 0.739. The molecule has 1 atom stereocenters. The number of nitrogens with one attached hydrogen (secondary N) is 2. The molecule has 23 heavy (non-hydrogen) atoms. The highest BCUT2D eigenvalue weighted by molar-refractivity contribution is 7.89. The summed E-state index contributed by atoms with van der Waals surface area (Å²) in [6.07, 6.45) is -0.885. The lowest BCUT2D eigenvalue weighted by Gasteiger charge is -2.13. The molecule has 1 unspecified atom stereocenters. The molecule has 0 saturated heterocycles. The van der Waals surface area contributed by atoms with Crippen molar-refractivity contribution in [1.82, 2.24) is 4.72 Å². The minimum absolute atomic E-state index is 0.101.